The lowest BCUT2D eigenvalue weighted by molar-refractivity contribution is -0.274. The topological polar surface area (TPSA) is 132 Å². The average Bonchev–Trinajstić information content (AvgIpc) is 3.56. The number of rotatable bonds is 8. The minimum Gasteiger partial charge on any atom is -0.450 e. The molecule has 3 aromatic rings. The molecule has 1 saturated heterocycles. The van der Waals surface area contributed by atoms with E-state index in [9.17, 15) is 35.9 Å². The predicted molar refractivity (Wildman–Crippen MR) is 129 cm³/mol. The molecule has 1 aliphatic rings. The maximum absolute atomic E-state index is 13.6. The van der Waals surface area contributed by atoms with Crippen LogP contribution in [0.5, 0.6) is 5.75 Å². The Bertz CT molecular complexity index is 1380. The first-order valence-corrected chi connectivity index (χ1v) is 12.1. The van der Waals surface area contributed by atoms with Crippen molar-refractivity contribution in [2.75, 3.05) is 36.9 Å². The third kappa shape index (κ3) is 7.55. The van der Waals surface area contributed by atoms with E-state index < -0.39 is 53.2 Å². The molecule has 1 aliphatic heterocycles. The fourth-order valence-corrected chi connectivity index (χ4v) is 3.93. The molecular weight excluding hydrogens is 566 g/mol. The Hall–Kier alpha value is -4.57. The first kappa shape index (κ1) is 29.4. The number of benzene rings is 1. The van der Waals surface area contributed by atoms with Crippen molar-refractivity contribution in [2.45, 2.75) is 25.9 Å². The molecule has 0 bridgehead atoms. The first-order valence-electron chi connectivity index (χ1n) is 12.1. The van der Waals surface area contributed by atoms with Crippen LogP contribution in [0.15, 0.2) is 41.1 Å². The highest BCUT2D eigenvalue weighted by Gasteiger charge is 2.42. The molecule has 0 saturated carbocycles. The van der Waals surface area contributed by atoms with Crippen LogP contribution in [0.1, 0.15) is 29.6 Å². The van der Waals surface area contributed by atoms with E-state index in [1.54, 1.807) is 11.8 Å². The van der Waals surface area contributed by atoms with Crippen molar-refractivity contribution < 1.29 is 49.8 Å². The Kier molecular flexibility index (Phi) is 8.53. The number of halogens is 6. The Morgan fingerprint density at radius 2 is 1.83 bits per heavy atom. The standard InChI is InChI=1S/C24H22F6N6O5/c1-2-39-22(38)36-8-7-13(12-36)9-31-21-32-10-14(11-33-21)34-19(37)17-18(23(25,26)27)40-20(35-17)15-5-3-4-6-16(15)41-24(28,29)30/h3-6,10-11,13H,2,7-9,12H2,1H3,(H,34,37)(H,31,32,33). The van der Waals surface area contributed by atoms with Gasteiger partial charge < -0.3 is 29.4 Å². The van der Waals surface area contributed by atoms with E-state index in [1.165, 1.54) is 6.07 Å². The number of hydrogen-bond acceptors (Lipinski definition) is 9. The van der Waals surface area contributed by atoms with Gasteiger partial charge in [0.05, 0.1) is 30.3 Å². The fourth-order valence-electron chi connectivity index (χ4n) is 3.93. The molecule has 1 atom stereocenters. The normalized spacial score (nSPS) is 15.5. The molecule has 1 aromatic carbocycles. The van der Waals surface area contributed by atoms with Crippen LogP contribution in [0, 0.1) is 5.92 Å². The molecule has 220 valence electrons. The molecule has 4 rings (SSSR count). The summed E-state index contributed by atoms with van der Waals surface area (Å²) in [7, 11) is 0. The van der Waals surface area contributed by atoms with E-state index >= 15 is 0 Å². The summed E-state index contributed by atoms with van der Waals surface area (Å²) in [4.78, 5) is 37.6. The number of anilines is 2. The monoisotopic (exact) mass is 588 g/mol. The lowest BCUT2D eigenvalue weighted by Gasteiger charge is -2.16. The second kappa shape index (κ2) is 11.9. The average molecular weight is 588 g/mol. The Morgan fingerprint density at radius 1 is 1.12 bits per heavy atom. The highest BCUT2D eigenvalue weighted by Crippen LogP contribution is 2.39. The second-order valence-electron chi connectivity index (χ2n) is 8.67. The molecule has 2 N–H and O–H groups in total. The zero-order chi connectivity index (χ0) is 29.8. The number of likely N-dealkylation sites (tertiary alicyclic amines) is 1. The van der Waals surface area contributed by atoms with Crippen LogP contribution in [0.25, 0.3) is 11.5 Å². The van der Waals surface area contributed by atoms with Gasteiger partial charge in [0, 0.05) is 19.6 Å². The van der Waals surface area contributed by atoms with Gasteiger partial charge in [0.25, 0.3) is 5.91 Å². The van der Waals surface area contributed by atoms with Crippen LogP contribution in [0.2, 0.25) is 0 Å². The molecule has 3 heterocycles. The van der Waals surface area contributed by atoms with E-state index in [0.29, 0.717) is 19.6 Å². The van der Waals surface area contributed by atoms with Crippen molar-refractivity contribution in [2.24, 2.45) is 5.92 Å². The number of hydrogen-bond donors (Lipinski definition) is 2. The number of aromatic nitrogens is 3. The molecule has 0 aliphatic carbocycles. The summed E-state index contributed by atoms with van der Waals surface area (Å²) in [5.74, 6) is -4.69. The van der Waals surface area contributed by atoms with Crippen LogP contribution in [-0.2, 0) is 10.9 Å². The molecule has 41 heavy (non-hydrogen) atoms. The van der Waals surface area contributed by atoms with Gasteiger partial charge in [0.1, 0.15) is 5.75 Å². The summed E-state index contributed by atoms with van der Waals surface area (Å²) < 4.78 is 92.7. The summed E-state index contributed by atoms with van der Waals surface area (Å²) in [6.07, 6.45) is -7.74. The van der Waals surface area contributed by atoms with Gasteiger partial charge in [-0.3, -0.25) is 4.79 Å². The smallest absolute Gasteiger partial charge is 0.450 e. The summed E-state index contributed by atoms with van der Waals surface area (Å²) >= 11 is 0. The third-order valence-corrected chi connectivity index (χ3v) is 5.71. The van der Waals surface area contributed by atoms with Crippen molar-refractivity contribution in [3.63, 3.8) is 0 Å². The highest BCUT2D eigenvalue weighted by molar-refractivity contribution is 6.03. The van der Waals surface area contributed by atoms with Crippen molar-refractivity contribution in [3.05, 3.63) is 48.1 Å². The largest absolute Gasteiger partial charge is 0.573 e. The molecule has 0 spiro atoms. The van der Waals surface area contributed by atoms with Gasteiger partial charge in [0.15, 0.2) is 5.69 Å². The molecule has 11 nitrogen and oxygen atoms in total. The number of amides is 2. The van der Waals surface area contributed by atoms with E-state index in [2.05, 4.69) is 30.3 Å². The number of carbonyl (C=O) groups is 2. The van der Waals surface area contributed by atoms with Crippen LogP contribution in [0.3, 0.4) is 0 Å². The third-order valence-electron chi connectivity index (χ3n) is 5.71. The second-order valence-corrected chi connectivity index (χ2v) is 8.67. The maximum Gasteiger partial charge on any atom is 0.573 e. The number of nitrogens with zero attached hydrogens (tertiary/aromatic N) is 4. The number of carbonyl (C=O) groups excluding carboxylic acids is 2. The van der Waals surface area contributed by atoms with Gasteiger partial charge >= 0.3 is 18.6 Å². The van der Waals surface area contributed by atoms with Gasteiger partial charge in [0.2, 0.25) is 17.6 Å². The van der Waals surface area contributed by atoms with Crippen LogP contribution < -0.4 is 15.4 Å². The van der Waals surface area contributed by atoms with E-state index in [1.807, 2.05) is 0 Å². The fraction of sp³-hybridized carbons (Fsp3) is 0.375. The Labute approximate surface area is 227 Å². The lowest BCUT2D eigenvalue weighted by atomic mass is 10.1. The molecule has 1 unspecified atom stereocenters. The Morgan fingerprint density at radius 3 is 2.49 bits per heavy atom. The summed E-state index contributed by atoms with van der Waals surface area (Å²) in [5, 5.41) is 5.14. The SMILES string of the molecule is CCOC(=O)N1CCC(CNc2ncc(NC(=O)c3nc(-c4ccccc4OC(F)(F)F)oc3C(F)(F)F)cn2)C1. The Balaban J connectivity index is 1.44. The van der Waals surface area contributed by atoms with Gasteiger partial charge in [-0.25, -0.2) is 19.7 Å². The van der Waals surface area contributed by atoms with Gasteiger partial charge in [-0.1, -0.05) is 12.1 Å². The molecular formula is C24H22F6N6O5. The molecule has 0 radical (unpaired) electrons. The zero-order valence-corrected chi connectivity index (χ0v) is 21.2. The van der Waals surface area contributed by atoms with Gasteiger partial charge in [-0.2, -0.15) is 13.2 Å². The quantitative estimate of drug-likeness (QED) is 0.341. The number of para-hydroxylation sites is 1. The van der Waals surface area contributed by atoms with Crippen molar-refractivity contribution in [1.82, 2.24) is 19.9 Å². The molecule has 1 fully saturated rings. The van der Waals surface area contributed by atoms with E-state index in [4.69, 9.17) is 9.15 Å². The van der Waals surface area contributed by atoms with E-state index in [-0.39, 0.29) is 24.2 Å². The lowest BCUT2D eigenvalue weighted by Crippen LogP contribution is -2.30. The maximum atomic E-state index is 13.6. The number of ether oxygens (including phenoxy) is 2. The minimum atomic E-state index is -5.20. The van der Waals surface area contributed by atoms with Crippen LogP contribution in [-0.4, -0.2) is 64.5 Å². The van der Waals surface area contributed by atoms with Crippen LogP contribution in [0.4, 0.5) is 42.8 Å². The van der Waals surface area contributed by atoms with Crippen LogP contribution >= 0.6 is 0 Å². The first-order chi connectivity index (χ1) is 19.3. The minimum absolute atomic E-state index is 0.0895. The number of oxazole rings is 1. The summed E-state index contributed by atoms with van der Waals surface area (Å²) in [5.41, 5.74) is -1.86. The summed E-state index contributed by atoms with van der Waals surface area (Å²) in [6.45, 7) is 3.44. The highest BCUT2D eigenvalue weighted by atomic mass is 19.4. The number of nitrogens with one attached hydrogen (secondary N) is 2. The van der Waals surface area contributed by atoms with Gasteiger partial charge in [-0.15, -0.1) is 13.2 Å². The summed E-state index contributed by atoms with van der Waals surface area (Å²) in [6, 6.07) is 4.24. The predicted octanol–water partition coefficient (Wildman–Crippen LogP) is 5.19. The molecule has 2 aromatic heterocycles. The van der Waals surface area contributed by atoms with Gasteiger partial charge in [-0.05, 0) is 31.4 Å². The van der Waals surface area contributed by atoms with Crippen molar-refractivity contribution in [3.8, 4) is 17.2 Å². The van der Waals surface area contributed by atoms with Crippen molar-refractivity contribution >= 4 is 23.6 Å². The molecule has 17 heteroatoms. The van der Waals surface area contributed by atoms with E-state index in [0.717, 1.165) is 37.0 Å². The van der Waals surface area contributed by atoms with Crippen molar-refractivity contribution in [1.29, 1.82) is 0 Å². The number of alkyl halides is 6. The molecule has 2 amide bonds. The zero-order valence-electron chi connectivity index (χ0n) is 21.2.